The molecule has 0 unspecified atom stereocenters. The molecule has 0 spiro atoms. The molecule has 0 atom stereocenters. The maximum absolute atomic E-state index is 11.7. The molecule has 0 aromatic carbocycles. The Morgan fingerprint density at radius 1 is 0.795 bits per heavy atom. The third-order valence-corrected chi connectivity index (χ3v) is 8.40. The van der Waals surface area contributed by atoms with E-state index in [4.69, 9.17) is 15.3 Å². The minimum absolute atomic E-state index is 0. The number of allylic oxidation sites excluding steroid dienone is 5. The Hall–Kier alpha value is -3.23. The van der Waals surface area contributed by atoms with Crippen LogP contribution in [0.25, 0.3) is 0 Å². The molecule has 0 aromatic rings. The van der Waals surface area contributed by atoms with Gasteiger partial charge in [0.05, 0.1) is 19.3 Å². The largest absolute Gasteiger partial charge is 0.465 e. The molecule has 2 aliphatic rings. The summed E-state index contributed by atoms with van der Waals surface area (Å²) in [6.45, 7) is 21.3. The van der Waals surface area contributed by atoms with Crippen molar-refractivity contribution in [1.82, 2.24) is 0 Å². The summed E-state index contributed by atoms with van der Waals surface area (Å²) in [4.78, 5) is 32.9. The molecule has 248 valence electrons. The third-order valence-electron chi connectivity index (χ3n) is 8.40. The summed E-state index contributed by atoms with van der Waals surface area (Å²) >= 11 is 0. The zero-order valence-electron chi connectivity index (χ0n) is 29.1. The maximum atomic E-state index is 11.7. The first-order valence-electron chi connectivity index (χ1n) is 15.7. The van der Waals surface area contributed by atoms with Gasteiger partial charge in [-0.1, -0.05) is 50.0 Å². The predicted octanol–water partition coefficient (Wildman–Crippen LogP) is 8.22. The Balaban J connectivity index is 0. The van der Waals surface area contributed by atoms with Gasteiger partial charge in [-0.2, -0.15) is 10.5 Å². The van der Waals surface area contributed by atoms with Gasteiger partial charge >= 0.3 is 11.9 Å². The molecule has 0 radical (unpaired) electrons. The monoisotopic (exact) mass is 614 g/mol. The molecular formula is C36H58N2O6. The van der Waals surface area contributed by atoms with E-state index in [1.165, 1.54) is 55.2 Å². The normalized spacial score (nSPS) is 17.1. The van der Waals surface area contributed by atoms with Crippen molar-refractivity contribution in [3.63, 3.8) is 0 Å². The molecular weight excluding hydrogens is 556 g/mol. The minimum atomic E-state index is -0.494. The van der Waals surface area contributed by atoms with E-state index in [1.54, 1.807) is 32.4 Å². The lowest BCUT2D eigenvalue weighted by atomic mass is 9.71. The van der Waals surface area contributed by atoms with Gasteiger partial charge in [-0.05, 0) is 116 Å². The molecule has 0 saturated carbocycles. The topological polar surface area (TPSA) is 149 Å². The SMILES string of the molecule is CC(=O)CCC1=C(C)CCCC1(C)C.CCOC(=O)/C(C#N)=C(/C)CCC1=C(C)CCCC1(C)C.CCOC(=O)CC#N.O. The quantitative estimate of drug-likeness (QED) is 0.104. The number of ketones is 1. The van der Waals surface area contributed by atoms with E-state index < -0.39 is 11.9 Å². The summed E-state index contributed by atoms with van der Waals surface area (Å²) in [6, 6.07) is 3.67. The Morgan fingerprint density at radius 3 is 1.61 bits per heavy atom. The van der Waals surface area contributed by atoms with Crippen LogP contribution in [0, 0.1) is 33.5 Å². The molecule has 0 heterocycles. The summed E-state index contributed by atoms with van der Waals surface area (Å²) in [5.41, 5.74) is 7.61. The van der Waals surface area contributed by atoms with Gasteiger partial charge in [0, 0.05) is 6.42 Å². The molecule has 2 N–H and O–H groups in total. The molecule has 8 nitrogen and oxygen atoms in total. The van der Waals surface area contributed by atoms with Crippen LogP contribution in [-0.2, 0) is 23.9 Å². The fourth-order valence-electron chi connectivity index (χ4n) is 5.99. The minimum Gasteiger partial charge on any atom is -0.465 e. The number of nitrogens with zero attached hydrogens (tertiary/aromatic N) is 2. The lowest BCUT2D eigenvalue weighted by molar-refractivity contribution is -0.142. The fraction of sp³-hybridized carbons (Fsp3) is 0.694. The summed E-state index contributed by atoms with van der Waals surface area (Å²) in [6.07, 6.45) is 10.7. The molecule has 0 amide bonds. The summed E-state index contributed by atoms with van der Waals surface area (Å²) in [7, 11) is 0. The molecule has 0 saturated heterocycles. The molecule has 44 heavy (non-hydrogen) atoms. The van der Waals surface area contributed by atoms with Crippen molar-refractivity contribution in [1.29, 1.82) is 10.5 Å². The third kappa shape index (κ3) is 15.5. The lowest BCUT2D eigenvalue weighted by Gasteiger charge is -2.35. The summed E-state index contributed by atoms with van der Waals surface area (Å²) in [5.74, 6) is -0.632. The first kappa shape index (κ1) is 42.9. The van der Waals surface area contributed by atoms with Gasteiger partial charge in [0.25, 0.3) is 0 Å². The van der Waals surface area contributed by atoms with Crippen LogP contribution in [0.1, 0.15) is 140 Å². The highest BCUT2D eigenvalue weighted by Gasteiger charge is 2.29. The number of hydrogen-bond acceptors (Lipinski definition) is 7. The number of hydrogen-bond donors (Lipinski definition) is 0. The number of nitriles is 2. The number of Topliss-reactive ketones (excluding diaryl/α,β-unsaturated/α-hetero) is 1. The van der Waals surface area contributed by atoms with E-state index in [1.807, 2.05) is 13.0 Å². The van der Waals surface area contributed by atoms with Gasteiger partial charge in [-0.25, -0.2) is 4.79 Å². The first-order chi connectivity index (χ1) is 20.1. The second kappa shape index (κ2) is 21.5. The zero-order chi connectivity index (χ0) is 33.2. The van der Waals surface area contributed by atoms with Crippen molar-refractivity contribution in [3.05, 3.63) is 33.4 Å². The Bertz CT molecular complexity index is 1140. The van der Waals surface area contributed by atoms with Gasteiger partial charge in [0.15, 0.2) is 0 Å². The van der Waals surface area contributed by atoms with E-state index in [2.05, 4.69) is 46.3 Å². The molecule has 0 aromatic heterocycles. The summed E-state index contributed by atoms with van der Waals surface area (Å²) < 4.78 is 9.36. The van der Waals surface area contributed by atoms with Gasteiger partial charge in [-0.3, -0.25) is 4.79 Å². The lowest BCUT2D eigenvalue weighted by Crippen LogP contribution is -2.20. The van der Waals surface area contributed by atoms with Crippen LogP contribution in [0.2, 0.25) is 0 Å². The average molecular weight is 615 g/mol. The van der Waals surface area contributed by atoms with Crippen LogP contribution in [-0.4, -0.2) is 36.4 Å². The van der Waals surface area contributed by atoms with Crippen LogP contribution in [0.4, 0.5) is 0 Å². The molecule has 2 rings (SSSR count). The second-order valence-corrected chi connectivity index (χ2v) is 12.8. The number of rotatable bonds is 10. The smallest absolute Gasteiger partial charge is 0.348 e. The highest BCUT2D eigenvalue weighted by Crippen LogP contribution is 2.43. The highest BCUT2D eigenvalue weighted by atomic mass is 16.5. The van der Waals surface area contributed by atoms with Crippen LogP contribution in [0.5, 0.6) is 0 Å². The Labute approximate surface area is 266 Å². The number of esters is 2. The van der Waals surface area contributed by atoms with E-state index in [0.717, 1.165) is 31.3 Å². The number of carbonyl (C=O) groups excluding carboxylic acids is 3. The van der Waals surface area contributed by atoms with Crippen LogP contribution in [0.15, 0.2) is 33.4 Å². The van der Waals surface area contributed by atoms with Crippen LogP contribution >= 0.6 is 0 Å². The molecule has 0 aliphatic heterocycles. The fourth-order valence-corrected chi connectivity index (χ4v) is 5.99. The zero-order valence-corrected chi connectivity index (χ0v) is 29.1. The van der Waals surface area contributed by atoms with Crippen molar-refractivity contribution in [2.24, 2.45) is 10.8 Å². The summed E-state index contributed by atoms with van der Waals surface area (Å²) in [5, 5.41) is 17.1. The van der Waals surface area contributed by atoms with Crippen molar-refractivity contribution < 1.29 is 29.3 Å². The number of ether oxygens (including phenoxy) is 2. The van der Waals surface area contributed by atoms with Crippen molar-refractivity contribution >= 4 is 17.7 Å². The van der Waals surface area contributed by atoms with Gasteiger partial charge in [0.2, 0.25) is 0 Å². The molecule has 0 bridgehead atoms. The maximum Gasteiger partial charge on any atom is 0.348 e. The average Bonchev–Trinajstić information content (AvgIpc) is 2.89. The molecule has 2 aliphatic carbocycles. The molecule has 8 heteroatoms. The van der Waals surface area contributed by atoms with Gasteiger partial charge in [0.1, 0.15) is 23.8 Å². The van der Waals surface area contributed by atoms with Crippen LogP contribution < -0.4 is 0 Å². The van der Waals surface area contributed by atoms with Gasteiger partial charge < -0.3 is 19.7 Å². The van der Waals surface area contributed by atoms with E-state index >= 15 is 0 Å². The Morgan fingerprint density at radius 2 is 1.25 bits per heavy atom. The second-order valence-electron chi connectivity index (χ2n) is 12.8. The van der Waals surface area contributed by atoms with Gasteiger partial charge in [-0.15, -0.1) is 0 Å². The number of carbonyl (C=O) groups is 3. The van der Waals surface area contributed by atoms with Crippen molar-refractivity contribution in [2.75, 3.05) is 13.2 Å². The first-order valence-corrected chi connectivity index (χ1v) is 15.7. The van der Waals surface area contributed by atoms with E-state index in [9.17, 15) is 14.4 Å². The Kier molecular flexibility index (Phi) is 20.9. The van der Waals surface area contributed by atoms with E-state index in [-0.39, 0.29) is 22.9 Å². The van der Waals surface area contributed by atoms with Crippen molar-refractivity contribution in [2.45, 2.75) is 140 Å². The predicted molar refractivity (Wildman–Crippen MR) is 175 cm³/mol. The van der Waals surface area contributed by atoms with Crippen molar-refractivity contribution in [3.8, 4) is 12.1 Å². The molecule has 0 fully saturated rings. The van der Waals surface area contributed by atoms with Crippen LogP contribution in [0.3, 0.4) is 0 Å². The van der Waals surface area contributed by atoms with E-state index in [0.29, 0.717) is 24.4 Å². The highest BCUT2D eigenvalue weighted by molar-refractivity contribution is 5.93. The standard InChI is InChI=1S/C18H27NO2.C13H22O.C5H7NO2.H2O/c1-6-21-17(20)15(12-19)13(2)9-10-16-14(3)8-7-11-18(16,4)5;1-10-6-5-9-13(3,4)12(10)8-7-11(2)14;1-2-8-5(7)3-4-6;/h6-11H2,1-5H3;5-9H2,1-4H3;2-3H2,1H3;1H2/b15-13-;;;.